The molecule has 0 fully saturated rings. The molecule has 0 aromatic heterocycles. The largest absolute Gasteiger partial charge is 0.338 e. The van der Waals surface area contributed by atoms with Gasteiger partial charge in [-0.2, -0.15) is 0 Å². The van der Waals surface area contributed by atoms with Crippen molar-refractivity contribution in [3.8, 4) is 0 Å². The first-order valence-electron chi connectivity index (χ1n) is 2.86. The molecule has 1 atom stereocenters. The van der Waals surface area contributed by atoms with E-state index in [4.69, 9.17) is 0 Å². The van der Waals surface area contributed by atoms with Gasteiger partial charge in [-0.05, 0) is 6.92 Å². The maximum absolute atomic E-state index is 11.7. The second-order valence-electron chi connectivity index (χ2n) is 1.83. The van der Waals surface area contributed by atoms with Gasteiger partial charge in [0, 0.05) is 0 Å². The quantitative estimate of drug-likeness (QED) is 0.565. The van der Waals surface area contributed by atoms with Gasteiger partial charge < -0.3 is 5.32 Å². The summed E-state index contributed by atoms with van der Waals surface area (Å²) < 4.78 is 11.7. The van der Waals surface area contributed by atoms with Crippen molar-refractivity contribution in [1.29, 1.82) is 0 Å². The van der Waals surface area contributed by atoms with Crippen LogP contribution in [0, 0.1) is 0 Å². The van der Waals surface area contributed by atoms with Gasteiger partial charge in [-0.15, -0.1) is 0 Å². The van der Waals surface area contributed by atoms with Crippen molar-refractivity contribution in [2.24, 2.45) is 0 Å². The molecule has 0 saturated heterocycles. The molecule has 0 rings (SSSR count). The van der Waals surface area contributed by atoms with Crippen LogP contribution in [0.5, 0.6) is 0 Å². The Labute approximate surface area is 58.7 Å². The lowest BCUT2D eigenvalue weighted by Crippen LogP contribution is -2.41. The summed E-state index contributed by atoms with van der Waals surface area (Å²) in [6.07, 6.45) is 0. The number of carbonyl (C=O) groups is 1. The van der Waals surface area contributed by atoms with Crippen molar-refractivity contribution in [3.63, 3.8) is 0 Å². The predicted octanol–water partition coefficient (Wildman–Crippen LogP) is 0.205. The summed E-state index contributed by atoms with van der Waals surface area (Å²) in [6, 6.07) is -1.01. The molecule has 2 N–H and O–H groups in total. The lowest BCUT2D eigenvalue weighted by Gasteiger charge is -2.08. The SMILES string of the molecule is CONC(=O)N[C@@H](C)CF. The molecule has 0 radical (unpaired) electrons. The first kappa shape index (κ1) is 9.16. The van der Waals surface area contributed by atoms with Crippen LogP contribution in [0.15, 0.2) is 0 Å². The van der Waals surface area contributed by atoms with Crippen LogP contribution in [0.2, 0.25) is 0 Å². The molecular formula is C5H11FN2O2. The number of halogens is 1. The van der Waals surface area contributed by atoms with Crippen LogP contribution in [-0.4, -0.2) is 25.9 Å². The monoisotopic (exact) mass is 150 g/mol. The molecule has 0 saturated carbocycles. The van der Waals surface area contributed by atoms with E-state index in [1.165, 1.54) is 7.11 Å². The molecule has 4 nitrogen and oxygen atoms in total. The standard InChI is InChI=1S/C5H11FN2O2/c1-4(3-6)7-5(9)8-10-2/h4H,3H2,1-2H3,(H2,7,8,9)/t4-/m0/s1. The molecule has 0 bridgehead atoms. The number of nitrogens with one attached hydrogen (secondary N) is 2. The summed E-state index contributed by atoms with van der Waals surface area (Å²) in [4.78, 5) is 14.8. The Hall–Kier alpha value is -0.840. The molecule has 10 heavy (non-hydrogen) atoms. The topological polar surface area (TPSA) is 50.4 Å². The molecule has 0 aliphatic rings. The summed E-state index contributed by atoms with van der Waals surface area (Å²) in [5, 5.41) is 2.28. The van der Waals surface area contributed by atoms with Gasteiger partial charge in [0.15, 0.2) is 0 Å². The number of urea groups is 1. The Morgan fingerprint density at radius 2 is 2.40 bits per heavy atom. The molecule has 0 aromatic carbocycles. The first-order chi connectivity index (χ1) is 4.70. The van der Waals surface area contributed by atoms with Crippen LogP contribution >= 0.6 is 0 Å². The average Bonchev–Trinajstić information content (AvgIpc) is 1.88. The van der Waals surface area contributed by atoms with Crippen LogP contribution in [0.3, 0.4) is 0 Å². The second-order valence-corrected chi connectivity index (χ2v) is 1.83. The van der Waals surface area contributed by atoms with Gasteiger partial charge in [-0.25, -0.2) is 14.7 Å². The average molecular weight is 150 g/mol. The highest BCUT2D eigenvalue weighted by molar-refractivity contribution is 5.72. The van der Waals surface area contributed by atoms with Gasteiger partial charge in [0.2, 0.25) is 0 Å². The molecule has 2 amide bonds. The second kappa shape index (κ2) is 4.99. The zero-order chi connectivity index (χ0) is 7.98. The molecule has 0 aromatic rings. The van der Waals surface area contributed by atoms with E-state index in [0.717, 1.165) is 0 Å². The van der Waals surface area contributed by atoms with Gasteiger partial charge in [0.05, 0.1) is 13.2 Å². The predicted molar refractivity (Wildman–Crippen MR) is 34.1 cm³/mol. The fraction of sp³-hybridized carbons (Fsp3) is 0.800. The molecule has 0 heterocycles. The highest BCUT2D eigenvalue weighted by Gasteiger charge is 2.03. The summed E-state index contributed by atoms with van der Waals surface area (Å²) in [6.45, 7) is 0.965. The van der Waals surface area contributed by atoms with Crippen LogP contribution in [0.4, 0.5) is 9.18 Å². The van der Waals surface area contributed by atoms with Crippen LogP contribution < -0.4 is 10.8 Å². The summed E-state index contributed by atoms with van der Waals surface area (Å²) in [7, 11) is 1.31. The van der Waals surface area contributed by atoms with E-state index in [0.29, 0.717) is 0 Å². The van der Waals surface area contributed by atoms with Crippen molar-refractivity contribution in [3.05, 3.63) is 0 Å². The Bertz CT molecular complexity index is 110. The van der Waals surface area contributed by atoms with E-state index in [-0.39, 0.29) is 0 Å². The van der Waals surface area contributed by atoms with Gasteiger partial charge in [-0.1, -0.05) is 0 Å². The molecule has 60 valence electrons. The third kappa shape index (κ3) is 4.08. The van der Waals surface area contributed by atoms with Gasteiger partial charge in [-0.3, -0.25) is 4.84 Å². The maximum atomic E-state index is 11.7. The number of rotatable bonds is 3. The normalized spacial score (nSPS) is 12.3. The minimum Gasteiger partial charge on any atom is -0.331 e. The fourth-order valence-corrected chi connectivity index (χ4v) is 0.385. The van der Waals surface area contributed by atoms with Crippen LogP contribution in [0.1, 0.15) is 6.92 Å². The number of hydroxylamine groups is 1. The smallest absolute Gasteiger partial charge is 0.331 e. The summed E-state index contributed by atoms with van der Waals surface area (Å²) in [5.41, 5.74) is 1.99. The number of hydrogen-bond donors (Lipinski definition) is 2. The lowest BCUT2D eigenvalue weighted by molar-refractivity contribution is 0.105. The number of amides is 2. The number of alkyl halides is 1. The van der Waals surface area contributed by atoms with Gasteiger partial charge in [0.1, 0.15) is 6.67 Å². The molecule has 0 unspecified atom stereocenters. The van der Waals surface area contributed by atoms with E-state index in [1.807, 2.05) is 5.48 Å². The lowest BCUT2D eigenvalue weighted by atomic mass is 10.4. The molecule has 0 spiro atoms. The number of carbonyl (C=O) groups excluding carboxylic acids is 1. The van der Waals surface area contributed by atoms with E-state index in [1.54, 1.807) is 6.92 Å². The van der Waals surface area contributed by atoms with E-state index in [9.17, 15) is 9.18 Å². The van der Waals surface area contributed by atoms with Gasteiger partial charge >= 0.3 is 6.03 Å². The Morgan fingerprint density at radius 1 is 1.80 bits per heavy atom. The van der Waals surface area contributed by atoms with Crippen molar-refractivity contribution in [2.75, 3.05) is 13.8 Å². The maximum Gasteiger partial charge on any atom is 0.338 e. The first-order valence-corrected chi connectivity index (χ1v) is 2.86. The molecule has 5 heteroatoms. The van der Waals surface area contributed by atoms with Crippen molar-refractivity contribution >= 4 is 6.03 Å². The van der Waals surface area contributed by atoms with Crippen molar-refractivity contribution in [2.45, 2.75) is 13.0 Å². The zero-order valence-corrected chi connectivity index (χ0v) is 5.98. The minimum absolute atomic E-state index is 0.477. The van der Waals surface area contributed by atoms with Crippen molar-refractivity contribution < 1.29 is 14.0 Å². The minimum atomic E-state index is -0.586. The molecule has 0 aliphatic carbocycles. The van der Waals surface area contributed by atoms with Crippen molar-refractivity contribution in [1.82, 2.24) is 10.8 Å². The van der Waals surface area contributed by atoms with Crippen LogP contribution in [0.25, 0.3) is 0 Å². The summed E-state index contributed by atoms with van der Waals surface area (Å²) >= 11 is 0. The summed E-state index contributed by atoms with van der Waals surface area (Å²) in [5.74, 6) is 0. The van der Waals surface area contributed by atoms with Gasteiger partial charge in [0.25, 0.3) is 0 Å². The third-order valence-corrected chi connectivity index (χ3v) is 0.804. The zero-order valence-electron chi connectivity index (χ0n) is 5.98. The number of hydrogen-bond acceptors (Lipinski definition) is 2. The highest BCUT2D eigenvalue weighted by Crippen LogP contribution is 1.80. The Morgan fingerprint density at radius 3 is 2.80 bits per heavy atom. The van der Waals surface area contributed by atoms with E-state index in [2.05, 4.69) is 10.2 Å². The molecule has 0 aliphatic heterocycles. The molecular weight excluding hydrogens is 139 g/mol. The highest BCUT2D eigenvalue weighted by atomic mass is 19.1. The van der Waals surface area contributed by atoms with Crippen LogP contribution in [-0.2, 0) is 4.84 Å². The Balaban J connectivity index is 3.37. The Kier molecular flexibility index (Phi) is 4.57. The van der Waals surface area contributed by atoms with E-state index < -0.39 is 18.7 Å². The third-order valence-electron chi connectivity index (χ3n) is 0.804. The fourth-order valence-electron chi connectivity index (χ4n) is 0.385. The van der Waals surface area contributed by atoms with E-state index >= 15 is 0 Å².